The number of benzene rings is 1. The van der Waals surface area contributed by atoms with Crippen LogP contribution in [0.5, 0.6) is 0 Å². The van der Waals surface area contributed by atoms with Gasteiger partial charge in [-0.25, -0.2) is 0 Å². The van der Waals surface area contributed by atoms with Gasteiger partial charge >= 0.3 is 0 Å². The van der Waals surface area contributed by atoms with Gasteiger partial charge in [-0.1, -0.05) is 6.07 Å². The molecule has 23 heavy (non-hydrogen) atoms. The van der Waals surface area contributed by atoms with Crippen LogP contribution in [0.4, 0.5) is 5.69 Å². The van der Waals surface area contributed by atoms with Crippen LogP contribution in [-0.2, 0) is 16.1 Å². The molecule has 1 amide bonds. The van der Waals surface area contributed by atoms with Crippen molar-refractivity contribution in [2.24, 2.45) is 0 Å². The quantitative estimate of drug-likeness (QED) is 0.686. The molecule has 0 radical (unpaired) electrons. The lowest BCUT2D eigenvalue weighted by Crippen LogP contribution is -2.30. The van der Waals surface area contributed by atoms with Crippen LogP contribution in [0.2, 0.25) is 0 Å². The summed E-state index contributed by atoms with van der Waals surface area (Å²) in [4.78, 5) is 14.1. The van der Waals surface area contributed by atoms with Crippen molar-refractivity contribution in [3.63, 3.8) is 0 Å². The van der Waals surface area contributed by atoms with Gasteiger partial charge in [0.15, 0.2) is 0 Å². The molecule has 0 bridgehead atoms. The number of aromatic nitrogens is 1. The Hall–Kier alpha value is -1.89. The molecular weight excluding hydrogens is 292 g/mol. The molecule has 0 aliphatic heterocycles. The molecule has 0 atom stereocenters. The number of rotatable bonds is 9. The van der Waals surface area contributed by atoms with E-state index in [1.54, 1.807) is 7.11 Å². The Bertz CT molecular complexity index is 637. The fourth-order valence-corrected chi connectivity index (χ4v) is 2.35. The minimum atomic E-state index is -0.0492. The van der Waals surface area contributed by atoms with Gasteiger partial charge in [0.05, 0.1) is 18.7 Å². The Balaban J connectivity index is 1.98. The number of anilines is 1. The summed E-state index contributed by atoms with van der Waals surface area (Å²) in [6.07, 6.45) is 2.09. The highest BCUT2D eigenvalue weighted by Crippen LogP contribution is 2.20. The van der Waals surface area contributed by atoms with E-state index >= 15 is 0 Å². The molecule has 0 aliphatic rings. The van der Waals surface area contributed by atoms with Crippen molar-refractivity contribution in [1.82, 2.24) is 14.8 Å². The van der Waals surface area contributed by atoms with Crippen LogP contribution >= 0.6 is 0 Å². The Labute approximate surface area is 137 Å². The number of methoxy groups -OCH3 is 1. The maximum Gasteiger partial charge on any atom is 0.238 e. The lowest BCUT2D eigenvalue weighted by molar-refractivity contribution is -0.115. The molecule has 2 rings (SSSR count). The van der Waals surface area contributed by atoms with Crippen LogP contribution in [-0.4, -0.2) is 62.8 Å². The first-order valence-corrected chi connectivity index (χ1v) is 7.83. The van der Waals surface area contributed by atoms with E-state index in [2.05, 4.69) is 46.5 Å². The van der Waals surface area contributed by atoms with Crippen LogP contribution in [0.15, 0.2) is 30.5 Å². The SMILES string of the molecule is COCCNCC(=O)Nc1ccc2ccn(CCN(C)C)c2c1. The molecule has 6 heteroatoms. The second kappa shape index (κ2) is 8.67. The maximum atomic E-state index is 11.9. The summed E-state index contributed by atoms with van der Waals surface area (Å²) >= 11 is 0. The summed E-state index contributed by atoms with van der Waals surface area (Å²) in [7, 11) is 5.77. The van der Waals surface area contributed by atoms with Gasteiger partial charge in [-0.3, -0.25) is 4.79 Å². The molecule has 2 N–H and O–H groups in total. The predicted octanol–water partition coefficient (Wildman–Crippen LogP) is 1.38. The number of hydrogen-bond acceptors (Lipinski definition) is 4. The molecule has 1 heterocycles. The van der Waals surface area contributed by atoms with Gasteiger partial charge in [0.2, 0.25) is 5.91 Å². The summed E-state index contributed by atoms with van der Waals surface area (Å²) < 4.78 is 7.14. The number of carbonyl (C=O) groups is 1. The van der Waals surface area contributed by atoms with Crippen molar-refractivity contribution >= 4 is 22.5 Å². The number of nitrogens with one attached hydrogen (secondary N) is 2. The van der Waals surface area contributed by atoms with Gasteiger partial charge in [0, 0.05) is 38.6 Å². The zero-order chi connectivity index (χ0) is 16.7. The Morgan fingerprint density at radius 2 is 2.13 bits per heavy atom. The summed E-state index contributed by atoms with van der Waals surface area (Å²) in [6.45, 7) is 3.44. The first kappa shape index (κ1) is 17.5. The number of hydrogen-bond donors (Lipinski definition) is 2. The highest BCUT2D eigenvalue weighted by molar-refractivity contribution is 5.94. The minimum absolute atomic E-state index is 0.0492. The minimum Gasteiger partial charge on any atom is -0.383 e. The number of likely N-dealkylation sites (N-methyl/N-ethyl adjacent to an activating group) is 1. The number of nitrogens with zero attached hydrogens (tertiary/aromatic N) is 2. The summed E-state index contributed by atoms with van der Waals surface area (Å²) in [5.41, 5.74) is 1.96. The Morgan fingerprint density at radius 3 is 2.87 bits per heavy atom. The smallest absolute Gasteiger partial charge is 0.238 e. The van der Waals surface area contributed by atoms with E-state index in [9.17, 15) is 4.79 Å². The molecule has 126 valence electrons. The van der Waals surface area contributed by atoms with Crippen LogP contribution < -0.4 is 10.6 Å². The number of amides is 1. The van der Waals surface area contributed by atoms with Gasteiger partial charge in [-0.05, 0) is 37.7 Å². The van der Waals surface area contributed by atoms with E-state index in [0.29, 0.717) is 13.2 Å². The average Bonchev–Trinajstić information content (AvgIpc) is 2.92. The van der Waals surface area contributed by atoms with Crippen LogP contribution in [0.25, 0.3) is 10.9 Å². The van der Waals surface area contributed by atoms with Crippen LogP contribution in [0.1, 0.15) is 0 Å². The predicted molar refractivity (Wildman–Crippen MR) is 93.9 cm³/mol. The maximum absolute atomic E-state index is 11.9. The fraction of sp³-hybridized carbons (Fsp3) is 0.471. The molecule has 2 aromatic rings. The van der Waals surface area contributed by atoms with Gasteiger partial charge in [0.25, 0.3) is 0 Å². The van der Waals surface area contributed by atoms with Gasteiger partial charge in [0.1, 0.15) is 0 Å². The van der Waals surface area contributed by atoms with Gasteiger partial charge in [-0.2, -0.15) is 0 Å². The van der Waals surface area contributed by atoms with E-state index in [4.69, 9.17) is 4.74 Å². The van der Waals surface area contributed by atoms with E-state index in [1.807, 2.05) is 18.2 Å². The van der Waals surface area contributed by atoms with E-state index < -0.39 is 0 Å². The molecule has 0 saturated heterocycles. The van der Waals surface area contributed by atoms with Crippen molar-refractivity contribution in [2.75, 3.05) is 52.8 Å². The second-order valence-electron chi connectivity index (χ2n) is 5.80. The zero-order valence-corrected chi connectivity index (χ0v) is 14.1. The van der Waals surface area contributed by atoms with Crippen molar-refractivity contribution < 1.29 is 9.53 Å². The summed E-state index contributed by atoms with van der Waals surface area (Å²) in [5.74, 6) is -0.0492. The van der Waals surface area contributed by atoms with E-state index in [1.165, 1.54) is 5.39 Å². The average molecular weight is 318 g/mol. The summed E-state index contributed by atoms with van der Waals surface area (Å²) in [6, 6.07) is 8.10. The van der Waals surface area contributed by atoms with Crippen LogP contribution in [0.3, 0.4) is 0 Å². The first-order chi connectivity index (χ1) is 11.1. The molecule has 0 spiro atoms. The largest absolute Gasteiger partial charge is 0.383 e. The van der Waals surface area contributed by atoms with E-state index in [0.717, 1.165) is 24.3 Å². The highest BCUT2D eigenvalue weighted by atomic mass is 16.5. The third-order valence-corrected chi connectivity index (χ3v) is 3.61. The third kappa shape index (κ3) is 5.35. The lowest BCUT2D eigenvalue weighted by atomic mass is 10.2. The monoisotopic (exact) mass is 318 g/mol. The number of fused-ring (bicyclic) bond motifs is 1. The van der Waals surface area contributed by atoms with Gasteiger partial charge in [-0.15, -0.1) is 0 Å². The topological polar surface area (TPSA) is 58.5 Å². The molecule has 1 aromatic carbocycles. The fourth-order valence-electron chi connectivity index (χ4n) is 2.35. The Morgan fingerprint density at radius 1 is 1.30 bits per heavy atom. The molecule has 6 nitrogen and oxygen atoms in total. The highest BCUT2D eigenvalue weighted by Gasteiger charge is 2.06. The Kier molecular flexibility index (Phi) is 6.58. The molecule has 1 aromatic heterocycles. The molecule has 0 unspecified atom stereocenters. The van der Waals surface area contributed by atoms with Crippen molar-refractivity contribution in [1.29, 1.82) is 0 Å². The zero-order valence-electron chi connectivity index (χ0n) is 14.1. The van der Waals surface area contributed by atoms with Crippen molar-refractivity contribution in [2.45, 2.75) is 6.54 Å². The van der Waals surface area contributed by atoms with Crippen LogP contribution in [0, 0.1) is 0 Å². The third-order valence-electron chi connectivity index (χ3n) is 3.61. The number of ether oxygens (including phenoxy) is 1. The molecule has 0 fully saturated rings. The molecular formula is C17H26N4O2. The second-order valence-corrected chi connectivity index (χ2v) is 5.80. The normalized spacial score (nSPS) is 11.3. The van der Waals surface area contributed by atoms with Crippen molar-refractivity contribution in [3.05, 3.63) is 30.5 Å². The molecule has 0 saturated carbocycles. The lowest BCUT2D eigenvalue weighted by Gasteiger charge is -2.12. The molecule has 0 aliphatic carbocycles. The first-order valence-electron chi connectivity index (χ1n) is 7.83. The van der Waals surface area contributed by atoms with E-state index in [-0.39, 0.29) is 12.5 Å². The number of carbonyl (C=O) groups excluding carboxylic acids is 1. The van der Waals surface area contributed by atoms with Gasteiger partial charge < -0.3 is 24.8 Å². The standard InChI is InChI=1S/C17H26N4O2/c1-20(2)9-10-21-8-6-14-4-5-15(12-16(14)21)19-17(22)13-18-7-11-23-3/h4-6,8,12,18H,7,9-11,13H2,1-3H3,(H,19,22). The van der Waals surface area contributed by atoms with Crippen molar-refractivity contribution in [3.8, 4) is 0 Å². The summed E-state index contributed by atoms with van der Waals surface area (Å²) in [5, 5.41) is 7.14.